The van der Waals surface area contributed by atoms with E-state index in [1.165, 1.54) is 0 Å². The summed E-state index contributed by atoms with van der Waals surface area (Å²) in [5.41, 5.74) is 0. The van der Waals surface area contributed by atoms with E-state index in [0.29, 0.717) is 0 Å². The lowest BCUT2D eigenvalue weighted by molar-refractivity contribution is -0.337. The van der Waals surface area contributed by atoms with Crippen LogP contribution in [-0.4, -0.2) is 17.2 Å². The Labute approximate surface area is 54.4 Å². The first-order valence-corrected chi connectivity index (χ1v) is 2.73. The van der Waals surface area contributed by atoms with Crippen LogP contribution in [0.2, 0.25) is 0 Å². The zero-order chi connectivity index (χ0) is 7.28. The summed E-state index contributed by atoms with van der Waals surface area (Å²) in [6.45, 7) is 0. The van der Waals surface area contributed by atoms with Gasteiger partial charge in [0.25, 0.3) is 0 Å². The molecule has 0 N–H and O–H groups in total. The smallest absolute Gasteiger partial charge is 0.202 e. The van der Waals surface area contributed by atoms with E-state index in [-0.39, 0.29) is 0 Å². The lowest BCUT2D eigenvalue weighted by atomic mass is 9.87. The molecule has 0 heterocycles. The molecule has 0 aromatic heterocycles. The van der Waals surface area contributed by atoms with Gasteiger partial charge in [-0.2, -0.15) is 13.9 Å². The van der Waals surface area contributed by atoms with Crippen molar-refractivity contribution in [1.82, 2.24) is 0 Å². The van der Waals surface area contributed by atoms with Gasteiger partial charge in [0.2, 0.25) is 0 Å². The second kappa shape index (κ2) is 1.55. The Kier molecular flexibility index (Phi) is 1.23. The van der Waals surface area contributed by atoms with Gasteiger partial charge in [-0.05, 0) is 0 Å². The van der Waals surface area contributed by atoms with E-state index in [4.69, 9.17) is 11.6 Å². The Balaban J connectivity index is 2.70. The van der Waals surface area contributed by atoms with Crippen molar-refractivity contribution in [3.8, 4) is 0 Å². The molecular formula is C4H3ClF3O. The molecule has 1 saturated carbocycles. The molecule has 0 aromatic rings. The zero-order valence-corrected chi connectivity index (χ0v) is 4.96. The van der Waals surface area contributed by atoms with E-state index in [1.54, 1.807) is 0 Å². The summed E-state index contributed by atoms with van der Waals surface area (Å²) in [5.74, 6) is -7.51. The number of hydrogen-bond acceptors (Lipinski definition) is 0. The Hall–Kier alpha value is 0.0400. The number of alkyl halides is 4. The standard InChI is InChI=1S/C4H3ClF3O/c5-2-1-3(6,9)4(2,7)8/h2H,1H2. The van der Waals surface area contributed by atoms with Crippen LogP contribution < -0.4 is 0 Å². The summed E-state index contributed by atoms with van der Waals surface area (Å²) in [6, 6.07) is 0. The van der Waals surface area contributed by atoms with Crippen LogP contribution in [0.1, 0.15) is 6.42 Å². The van der Waals surface area contributed by atoms with Crippen molar-refractivity contribution in [2.24, 2.45) is 0 Å². The SMILES string of the molecule is [O]C1(F)CC(Cl)C1(F)F. The van der Waals surface area contributed by atoms with E-state index in [2.05, 4.69) is 0 Å². The first kappa shape index (κ1) is 7.15. The molecule has 1 fully saturated rings. The van der Waals surface area contributed by atoms with Crippen LogP contribution in [-0.2, 0) is 5.11 Å². The molecule has 0 amide bonds. The molecule has 9 heavy (non-hydrogen) atoms. The van der Waals surface area contributed by atoms with Crippen LogP contribution >= 0.6 is 11.6 Å². The van der Waals surface area contributed by atoms with Crippen molar-refractivity contribution in [2.45, 2.75) is 23.6 Å². The Bertz CT molecular complexity index is 136. The molecule has 0 aromatic carbocycles. The third kappa shape index (κ3) is 0.730. The van der Waals surface area contributed by atoms with Crippen LogP contribution in [0.15, 0.2) is 0 Å². The van der Waals surface area contributed by atoms with Crippen molar-refractivity contribution in [3.63, 3.8) is 0 Å². The Morgan fingerprint density at radius 3 is 1.89 bits per heavy atom. The highest BCUT2D eigenvalue weighted by Crippen LogP contribution is 2.51. The third-order valence-corrected chi connectivity index (χ3v) is 1.76. The molecule has 53 valence electrons. The summed E-state index contributed by atoms with van der Waals surface area (Å²) < 4.78 is 35.6. The van der Waals surface area contributed by atoms with E-state index in [1.807, 2.05) is 0 Å². The summed E-state index contributed by atoms with van der Waals surface area (Å²) >= 11 is 4.84. The number of hydrogen-bond donors (Lipinski definition) is 0. The van der Waals surface area contributed by atoms with E-state index >= 15 is 0 Å². The fraction of sp³-hybridized carbons (Fsp3) is 1.00. The minimum atomic E-state index is -3.88. The molecule has 2 unspecified atom stereocenters. The normalized spacial score (nSPS) is 48.3. The molecule has 1 aliphatic rings. The lowest BCUT2D eigenvalue weighted by Crippen LogP contribution is -2.61. The predicted molar refractivity (Wildman–Crippen MR) is 23.7 cm³/mol. The van der Waals surface area contributed by atoms with E-state index < -0.39 is 23.6 Å². The van der Waals surface area contributed by atoms with Gasteiger partial charge in [0.1, 0.15) is 5.38 Å². The zero-order valence-electron chi connectivity index (χ0n) is 4.20. The van der Waals surface area contributed by atoms with Crippen molar-refractivity contribution in [3.05, 3.63) is 0 Å². The molecule has 5 heteroatoms. The average molecular weight is 160 g/mol. The van der Waals surface area contributed by atoms with Crippen LogP contribution in [0.3, 0.4) is 0 Å². The molecule has 1 rings (SSSR count). The molecule has 0 spiro atoms. The monoisotopic (exact) mass is 159 g/mol. The Morgan fingerprint density at radius 2 is 1.89 bits per heavy atom. The Morgan fingerprint density at radius 1 is 1.44 bits per heavy atom. The van der Waals surface area contributed by atoms with Crippen LogP contribution in [0.5, 0.6) is 0 Å². The van der Waals surface area contributed by atoms with Gasteiger partial charge in [-0.15, -0.1) is 11.6 Å². The minimum Gasteiger partial charge on any atom is -0.202 e. The molecule has 1 nitrogen and oxygen atoms in total. The molecule has 0 aliphatic heterocycles. The van der Waals surface area contributed by atoms with Crippen molar-refractivity contribution >= 4 is 11.6 Å². The van der Waals surface area contributed by atoms with Gasteiger partial charge in [-0.1, -0.05) is 0 Å². The van der Waals surface area contributed by atoms with Gasteiger partial charge in [0, 0.05) is 6.42 Å². The highest BCUT2D eigenvalue weighted by atomic mass is 35.5. The van der Waals surface area contributed by atoms with Gasteiger partial charge in [0.05, 0.1) is 0 Å². The second-order valence-electron chi connectivity index (χ2n) is 2.02. The second-order valence-corrected chi connectivity index (χ2v) is 2.55. The fourth-order valence-electron chi connectivity index (χ4n) is 0.598. The summed E-state index contributed by atoms with van der Waals surface area (Å²) in [5, 5.41) is 8.30. The molecule has 0 saturated heterocycles. The minimum absolute atomic E-state index is 0.804. The quantitative estimate of drug-likeness (QED) is 0.480. The third-order valence-electron chi connectivity index (χ3n) is 1.33. The summed E-state index contributed by atoms with van der Waals surface area (Å²) in [7, 11) is 0. The van der Waals surface area contributed by atoms with Gasteiger partial charge >= 0.3 is 11.8 Å². The highest BCUT2D eigenvalue weighted by Gasteiger charge is 2.71. The largest absolute Gasteiger partial charge is 0.324 e. The van der Waals surface area contributed by atoms with Gasteiger partial charge < -0.3 is 0 Å². The fourth-order valence-corrected chi connectivity index (χ4v) is 0.959. The molecule has 1 aliphatic carbocycles. The molecule has 1 radical (unpaired) electrons. The first-order chi connectivity index (χ1) is 3.88. The summed E-state index contributed by atoms with van der Waals surface area (Å²) in [6.07, 6.45) is -0.804. The van der Waals surface area contributed by atoms with Crippen molar-refractivity contribution in [2.75, 3.05) is 0 Å². The summed E-state index contributed by atoms with van der Waals surface area (Å²) in [4.78, 5) is 0. The average Bonchev–Trinajstić information content (AvgIpc) is 1.65. The topological polar surface area (TPSA) is 19.9 Å². The first-order valence-electron chi connectivity index (χ1n) is 2.29. The van der Waals surface area contributed by atoms with Crippen LogP contribution in [0.4, 0.5) is 13.2 Å². The van der Waals surface area contributed by atoms with Crippen LogP contribution in [0, 0.1) is 0 Å². The van der Waals surface area contributed by atoms with E-state index in [0.717, 1.165) is 0 Å². The van der Waals surface area contributed by atoms with Gasteiger partial charge in [0.15, 0.2) is 0 Å². The highest BCUT2D eigenvalue weighted by molar-refractivity contribution is 6.22. The maximum absolute atomic E-state index is 11.9. The van der Waals surface area contributed by atoms with Crippen molar-refractivity contribution < 1.29 is 18.3 Å². The molecule has 0 bridgehead atoms. The lowest BCUT2D eigenvalue weighted by Gasteiger charge is -2.40. The van der Waals surface area contributed by atoms with Gasteiger partial charge in [-0.25, -0.2) is 4.39 Å². The van der Waals surface area contributed by atoms with E-state index in [9.17, 15) is 18.3 Å². The van der Waals surface area contributed by atoms with Crippen molar-refractivity contribution in [1.29, 1.82) is 0 Å². The van der Waals surface area contributed by atoms with Crippen LogP contribution in [0.25, 0.3) is 0 Å². The maximum atomic E-state index is 11.9. The number of halogens is 4. The maximum Gasteiger partial charge on any atom is 0.324 e. The van der Waals surface area contributed by atoms with Gasteiger partial charge in [-0.3, -0.25) is 0 Å². The predicted octanol–water partition coefficient (Wildman–Crippen LogP) is 1.73. The molecule has 2 atom stereocenters. The number of rotatable bonds is 0. The molecular weight excluding hydrogens is 156 g/mol.